The van der Waals surface area contributed by atoms with E-state index >= 15 is 0 Å². The Kier molecular flexibility index (Phi) is 6.96. The fraction of sp³-hybridized carbons (Fsp3) is 0.400. The van der Waals surface area contributed by atoms with Crippen molar-refractivity contribution >= 4 is 28.7 Å². The molecule has 2 aromatic rings. The van der Waals surface area contributed by atoms with Gasteiger partial charge in [-0.1, -0.05) is 12.1 Å². The van der Waals surface area contributed by atoms with Crippen molar-refractivity contribution in [3.63, 3.8) is 0 Å². The highest BCUT2D eigenvalue weighted by Gasteiger charge is 2.24. The number of aromatic nitrogens is 1. The van der Waals surface area contributed by atoms with Crippen LogP contribution in [0, 0.1) is 0 Å². The first-order valence-electron chi connectivity index (χ1n) is 9.58. The van der Waals surface area contributed by atoms with Crippen LogP contribution in [0.15, 0.2) is 36.5 Å². The Morgan fingerprint density at radius 1 is 1.24 bits per heavy atom. The van der Waals surface area contributed by atoms with Crippen LogP contribution in [0.2, 0.25) is 0 Å². The molecular formula is C20H25N5O4. The van der Waals surface area contributed by atoms with E-state index in [9.17, 15) is 14.4 Å². The summed E-state index contributed by atoms with van der Waals surface area (Å²) in [5.74, 6) is -0.296. The maximum Gasteiger partial charge on any atom is 0.312 e. The van der Waals surface area contributed by atoms with Gasteiger partial charge >= 0.3 is 6.03 Å². The second kappa shape index (κ2) is 9.83. The number of primary amides is 1. The summed E-state index contributed by atoms with van der Waals surface area (Å²) in [6, 6.07) is 8.64. The standard InChI is InChI=1S/C20H25N5O4/c21-20(28)23-8-6-18(26)24-12-16-13-25(9-2-10-29-16)19(27)15-5-4-14-3-1-7-22-17(14)11-15/h1,3-5,7,11,16H,2,6,8-10,12-13H2,(H,24,26)(H3,21,23,28). The molecule has 0 radical (unpaired) electrons. The maximum absolute atomic E-state index is 13.0. The van der Waals surface area contributed by atoms with Gasteiger partial charge in [0.2, 0.25) is 5.91 Å². The molecule has 2 heterocycles. The van der Waals surface area contributed by atoms with Gasteiger partial charge in [-0.3, -0.25) is 14.6 Å². The fourth-order valence-electron chi connectivity index (χ4n) is 3.20. The molecule has 0 bridgehead atoms. The first-order chi connectivity index (χ1) is 14.0. The van der Waals surface area contributed by atoms with Crippen LogP contribution in [-0.4, -0.2) is 66.6 Å². The molecule has 9 heteroatoms. The second-order valence-electron chi connectivity index (χ2n) is 6.85. The van der Waals surface area contributed by atoms with Gasteiger partial charge in [0, 0.05) is 56.4 Å². The van der Waals surface area contributed by atoms with Crippen LogP contribution in [0.4, 0.5) is 4.79 Å². The number of amides is 4. The molecule has 3 rings (SSSR count). The first kappa shape index (κ1) is 20.5. The number of nitrogens with zero attached hydrogens (tertiary/aromatic N) is 2. The minimum Gasteiger partial charge on any atom is -0.374 e. The Morgan fingerprint density at radius 2 is 2.10 bits per heavy atom. The highest BCUT2D eigenvalue weighted by atomic mass is 16.5. The number of fused-ring (bicyclic) bond motifs is 1. The van der Waals surface area contributed by atoms with Crippen LogP contribution in [0.25, 0.3) is 10.9 Å². The minimum absolute atomic E-state index is 0.0787. The molecule has 0 saturated carbocycles. The summed E-state index contributed by atoms with van der Waals surface area (Å²) in [7, 11) is 0. The average Bonchev–Trinajstić information content (AvgIpc) is 2.97. The Hall–Kier alpha value is -3.20. The van der Waals surface area contributed by atoms with Crippen molar-refractivity contribution in [2.45, 2.75) is 18.9 Å². The average molecular weight is 399 g/mol. The fourth-order valence-corrected chi connectivity index (χ4v) is 3.20. The molecule has 1 aliphatic rings. The van der Waals surface area contributed by atoms with Gasteiger partial charge in [0.1, 0.15) is 0 Å². The van der Waals surface area contributed by atoms with Crippen molar-refractivity contribution in [2.24, 2.45) is 5.73 Å². The number of rotatable bonds is 6. The van der Waals surface area contributed by atoms with Gasteiger partial charge in [-0.05, 0) is 24.6 Å². The van der Waals surface area contributed by atoms with Crippen molar-refractivity contribution in [2.75, 3.05) is 32.8 Å². The zero-order valence-electron chi connectivity index (χ0n) is 16.1. The van der Waals surface area contributed by atoms with E-state index in [4.69, 9.17) is 10.5 Å². The summed E-state index contributed by atoms with van der Waals surface area (Å²) in [6.07, 6.45) is 2.26. The Balaban J connectivity index is 1.57. The van der Waals surface area contributed by atoms with Gasteiger partial charge in [-0.15, -0.1) is 0 Å². The third kappa shape index (κ3) is 5.89. The minimum atomic E-state index is -0.664. The first-order valence-corrected chi connectivity index (χ1v) is 9.58. The zero-order chi connectivity index (χ0) is 20.6. The summed E-state index contributed by atoms with van der Waals surface area (Å²) >= 11 is 0. The monoisotopic (exact) mass is 399 g/mol. The Morgan fingerprint density at radius 3 is 2.93 bits per heavy atom. The molecule has 1 atom stereocenters. The summed E-state index contributed by atoms with van der Waals surface area (Å²) in [4.78, 5) is 41.6. The largest absolute Gasteiger partial charge is 0.374 e. The predicted octanol–water partition coefficient (Wildman–Crippen LogP) is 0.641. The number of nitrogens with two attached hydrogens (primary N) is 1. The molecule has 0 spiro atoms. The molecule has 1 unspecified atom stereocenters. The smallest absolute Gasteiger partial charge is 0.312 e. The van der Waals surface area contributed by atoms with Crippen LogP contribution < -0.4 is 16.4 Å². The number of hydrogen-bond donors (Lipinski definition) is 3. The van der Waals surface area contributed by atoms with Crippen LogP contribution in [-0.2, 0) is 9.53 Å². The highest BCUT2D eigenvalue weighted by Crippen LogP contribution is 2.16. The van der Waals surface area contributed by atoms with Crippen LogP contribution >= 0.6 is 0 Å². The number of carbonyl (C=O) groups is 3. The van der Waals surface area contributed by atoms with E-state index in [1.54, 1.807) is 23.2 Å². The third-order valence-electron chi connectivity index (χ3n) is 4.67. The lowest BCUT2D eigenvalue weighted by atomic mass is 10.1. The van der Waals surface area contributed by atoms with Crippen molar-refractivity contribution in [1.82, 2.24) is 20.5 Å². The van der Waals surface area contributed by atoms with Gasteiger partial charge < -0.3 is 26.0 Å². The van der Waals surface area contributed by atoms with Crippen LogP contribution in [0.3, 0.4) is 0 Å². The quantitative estimate of drug-likeness (QED) is 0.657. The van der Waals surface area contributed by atoms with Crippen LogP contribution in [0.5, 0.6) is 0 Å². The van der Waals surface area contributed by atoms with Crippen molar-refractivity contribution in [3.8, 4) is 0 Å². The topological polar surface area (TPSA) is 127 Å². The molecular weight excluding hydrogens is 374 g/mol. The molecule has 0 aliphatic carbocycles. The van der Waals surface area contributed by atoms with E-state index in [0.717, 1.165) is 17.3 Å². The van der Waals surface area contributed by atoms with E-state index in [2.05, 4.69) is 15.6 Å². The Bertz CT molecular complexity index is 888. The van der Waals surface area contributed by atoms with E-state index in [-0.39, 0.29) is 30.9 Å². The molecule has 154 valence electrons. The SMILES string of the molecule is NC(=O)NCCC(=O)NCC1CN(C(=O)c2ccc3cccnc3c2)CCCO1. The van der Waals surface area contributed by atoms with Gasteiger partial charge in [0.25, 0.3) is 5.91 Å². The molecule has 4 N–H and O–H groups in total. The number of hydrogen-bond acceptors (Lipinski definition) is 5. The third-order valence-corrected chi connectivity index (χ3v) is 4.67. The van der Waals surface area contributed by atoms with Crippen molar-refractivity contribution in [3.05, 3.63) is 42.1 Å². The summed E-state index contributed by atoms with van der Waals surface area (Å²) in [5, 5.41) is 6.12. The predicted molar refractivity (Wildman–Crippen MR) is 107 cm³/mol. The van der Waals surface area contributed by atoms with E-state index in [0.29, 0.717) is 31.8 Å². The molecule has 1 aromatic heterocycles. The molecule has 1 saturated heterocycles. The molecule has 9 nitrogen and oxygen atoms in total. The lowest BCUT2D eigenvalue weighted by Crippen LogP contribution is -2.43. The molecule has 1 aliphatic heterocycles. The normalized spacial score (nSPS) is 16.8. The summed E-state index contributed by atoms with van der Waals surface area (Å²) < 4.78 is 5.77. The number of nitrogens with one attached hydrogen (secondary N) is 2. The lowest BCUT2D eigenvalue weighted by molar-refractivity contribution is -0.121. The molecule has 29 heavy (non-hydrogen) atoms. The maximum atomic E-state index is 13.0. The van der Waals surface area contributed by atoms with Gasteiger partial charge in [0.15, 0.2) is 0 Å². The van der Waals surface area contributed by atoms with E-state index in [1.807, 2.05) is 18.2 Å². The number of ether oxygens (including phenoxy) is 1. The molecule has 1 fully saturated rings. The Labute approximate surface area is 168 Å². The number of pyridine rings is 1. The highest BCUT2D eigenvalue weighted by molar-refractivity contribution is 5.97. The second-order valence-corrected chi connectivity index (χ2v) is 6.85. The van der Waals surface area contributed by atoms with Gasteiger partial charge in [0.05, 0.1) is 11.6 Å². The van der Waals surface area contributed by atoms with Crippen molar-refractivity contribution in [1.29, 1.82) is 0 Å². The van der Waals surface area contributed by atoms with Crippen molar-refractivity contribution < 1.29 is 19.1 Å². The number of urea groups is 1. The van der Waals surface area contributed by atoms with Gasteiger partial charge in [-0.2, -0.15) is 0 Å². The van der Waals surface area contributed by atoms with E-state index < -0.39 is 6.03 Å². The molecule has 4 amide bonds. The van der Waals surface area contributed by atoms with E-state index in [1.165, 1.54) is 0 Å². The molecule has 1 aromatic carbocycles. The number of carbonyl (C=O) groups excluding carboxylic acids is 3. The zero-order valence-corrected chi connectivity index (χ0v) is 16.1. The summed E-state index contributed by atoms with van der Waals surface area (Å²) in [6.45, 7) is 1.96. The summed E-state index contributed by atoms with van der Waals surface area (Å²) in [5.41, 5.74) is 6.32. The van der Waals surface area contributed by atoms with Gasteiger partial charge in [-0.25, -0.2) is 4.79 Å². The number of benzene rings is 1. The van der Waals surface area contributed by atoms with Crippen LogP contribution in [0.1, 0.15) is 23.2 Å². The lowest BCUT2D eigenvalue weighted by Gasteiger charge is -2.24.